The molecule has 0 aliphatic heterocycles. The summed E-state index contributed by atoms with van der Waals surface area (Å²) in [5.74, 6) is 0.335. The Labute approximate surface area is 154 Å². The fourth-order valence-corrected chi connectivity index (χ4v) is 2.32. The van der Waals surface area contributed by atoms with Crippen molar-refractivity contribution >= 4 is 27.8 Å². The average Bonchev–Trinajstić information content (AvgIpc) is 2.64. The summed E-state index contributed by atoms with van der Waals surface area (Å²) >= 11 is 3.30. The lowest BCUT2D eigenvalue weighted by atomic mass is 10.2. The second-order valence-corrected chi connectivity index (χ2v) is 5.94. The number of ether oxygens (including phenoxy) is 3. The normalized spacial score (nSPS) is 10.0. The van der Waals surface area contributed by atoms with Crippen LogP contribution in [0.25, 0.3) is 0 Å². The van der Waals surface area contributed by atoms with Crippen LogP contribution in [0.2, 0.25) is 0 Å². The van der Waals surface area contributed by atoms with Crippen LogP contribution < -0.4 is 14.8 Å². The maximum Gasteiger partial charge on any atom is 0.325 e. The Morgan fingerprint density at radius 3 is 2.40 bits per heavy atom. The molecule has 2 aromatic rings. The predicted molar refractivity (Wildman–Crippen MR) is 95.8 cm³/mol. The first-order valence-corrected chi connectivity index (χ1v) is 8.23. The van der Waals surface area contributed by atoms with Gasteiger partial charge in [-0.1, -0.05) is 15.9 Å². The van der Waals surface area contributed by atoms with E-state index in [1.807, 2.05) is 0 Å². The van der Waals surface area contributed by atoms with Crippen molar-refractivity contribution in [3.8, 4) is 11.5 Å². The third-order valence-electron chi connectivity index (χ3n) is 3.38. The summed E-state index contributed by atoms with van der Waals surface area (Å²) in [6, 6.07) is 12.0. The number of methoxy groups -OCH3 is 2. The Hall–Kier alpha value is -2.54. The van der Waals surface area contributed by atoms with Crippen molar-refractivity contribution in [1.82, 2.24) is 5.32 Å². The predicted octanol–water partition coefficient (Wildman–Crippen LogP) is 2.94. The molecule has 0 atom stereocenters. The Kier molecular flexibility index (Phi) is 6.82. The maximum absolute atomic E-state index is 11.9. The first kappa shape index (κ1) is 18.8. The van der Waals surface area contributed by atoms with Gasteiger partial charge in [0.1, 0.15) is 24.7 Å². The number of rotatable bonds is 7. The van der Waals surface area contributed by atoms with Crippen LogP contribution in [-0.4, -0.2) is 32.6 Å². The maximum atomic E-state index is 11.9. The van der Waals surface area contributed by atoms with Gasteiger partial charge in [0.25, 0.3) is 5.91 Å². The number of halogens is 1. The SMILES string of the molecule is COc1ccc(OC)c(COC(=O)CNC(=O)c2ccc(Br)cc2)c1. The van der Waals surface area contributed by atoms with Gasteiger partial charge in [-0.2, -0.15) is 0 Å². The third-order valence-corrected chi connectivity index (χ3v) is 3.90. The van der Waals surface area contributed by atoms with E-state index in [1.54, 1.807) is 49.6 Å². The molecule has 25 heavy (non-hydrogen) atoms. The lowest BCUT2D eigenvalue weighted by Gasteiger charge is -2.11. The Morgan fingerprint density at radius 1 is 1.04 bits per heavy atom. The fraction of sp³-hybridized carbons (Fsp3) is 0.222. The molecular weight excluding hydrogens is 390 g/mol. The highest BCUT2D eigenvalue weighted by Gasteiger charge is 2.11. The van der Waals surface area contributed by atoms with Gasteiger partial charge in [-0.3, -0.25) is 9.59 Å². The molecule has 0 spiro atoms. The van der Waals surface area contributed by atoms with Crippen molar-refractivity contribution in [1.29, 1.82) is 0 Å². The molecular formula is C18H18BrNO5. The van der Waals surface area contributed by atoms with E-state index in [-0.39, 0.29) is 19.1 Å². The molecule has 6 nitrogen and oxygen atoms in total. The zero-order chi connectivity index (χ0) is 18.2. The number of hydrogen-bond acceptors (Lipinski definition) is 5. The highest BCUT2D eigenvalue weighted by atomic mass is 79.9. The molecule has 0 bridgehead atoms. The zero-order valence-electron chi connectivity index (χ0n) is 13.9. The van der Waals surface area contributed by atoms with Crippen molar-refractivity contribution in [2.45, 2.75) is 6.61 Å². The smallest absolute Gasteiger partial charge is 0.325 e. The summed E-state index contributed by atoms with van der Waals surface area (Å²) in [5, 5.41) is 2.52. The summed E-state index contributed by atoms with van der Waals surface area (Å²) in [4.78, 5) is 23.8. The number of carbonyl (C=O) groups is 2. The molecule has 1 amide bonds. The molecule has 0 unspecified atom stereocenters. The number of nitrogens with one attached hydrogen (secondary N) is 1. The number of hydrogen-bond donors (Lipinski definition) is 1. The molecule has 0 radical (unpaired) electrons. The monoisotopic (exact) mass is 407 g/mol. The molecule has 132 valence electrons. The summed E-state index contributed by atoms with van der Waals surface area (Å²) in [5.41, 5.74) is 1.14. The number of esters is 1. The second-order valence-electron chi connectivity index (χ2n) is 5.03. The zero-order valence-corrected chi connectivity index (χ0v) is 15.5. The van der Waals surface area contributed by atoms with Crippen LogP contribution in [0.1, 0.15) is 15.9 Å². The molecule has 2 aromatic carbocycles. The molecule has 0 aliphatic carbocycles. The van der Waals surface area contributed by atoms with Crippen molar-refractivity contribution < 1.29 is 23.8 Å². The lowest BCUT2D eigenvalue weighted by molar-refractivity contribution is -0.143. The van der Waals surface area contributed by atoms with E-state index < -0.39 is 5.97 Å². The van der Waals surface area contributed by atoms with E-state index in [0.29, 0.717) is 22.6 Å². The molecule has 0 saturated carbocycles. The van der Waals surface area contributed by atoms with Gasteiger partial charge in [-0.05, 0) is 42.5 Å². The van der Waals surface area contributed by atoms with Crippen molar-refractivity contribution in [3.63, 3.8) is 0 Å². The minimum atomic E-state index is -0.546. The fourth-order valence-electron chi connectivity index (χ4n) is 2.06. The van der Waals surface area contributed by atoms with Gasteiger partial charge in [0.2, 0.25) is 0 Å². The van der Waals surface area contributed by atoms with Gasteiger partial charge in [-0.25, -0.2) is 0 Å². The molecule has 0 aliphatic rings. The van der Waals surface area contributed by atoms with E-state index in [2.05, 4.69) is 21.2 Å². The minimum absolute atomic E-state index is 0.0212. The quantitative estimate of drug-likeness (QED) is 0.714. The van der Waals surface area contributed by atoms with Gasteiger partial charge < -0.3 is 19.5 Å². The highest BCUT2D eigenvalue weighted by molar-refractivity contribution is 9.10. The molecule has 0 fully saturated rings. The first-order valence-electron chi connectivity index (χ1n) is 7.43. The van der Waals surface area contributed by atoms with Crippen molar-refractivity contribution in [2.75, 3.05) is 20.8 Å². The van der Waals surface area contributed by atoms with Gasteiger partial charge in [-0.15, -0.1) is 0 Å². The summed E-state index contributed by atoms with van der Waals surface area (Å²) in [6.07, 6.45) is 0. The number of benzene rings is 2. The van der Waals surface area contributed by atoms with Crippen molar-refractivity contribution in [2.24, 2.45) is 0 Å². The standard InChI is InChI=1S/C18H18BrNO5/c1-23-15-7-8-16(24-2)13(9-15)11-25-17(21)10-20-18(22)12-3-5-14(19)6-4-12/h3-9H,10-11H2,1-2H3,(H,20,22). The highest BCUT2D eigenvalue weighted by Crippen LogP contribution is 2.24. The summed E-state index contributed by atoms with van der Waals surface area (Å²) < 4.78 is 16.4. The summed E-state index contributed by atoms with van der Waals surface area (Å²) in [6.45, 7) is -0.200. The average molecular weight is 408 g/mol. The van der Waals surface area contributed by atoms with Gasteiger partial charge in [0.05, 0.1) is 14.2 Å². The number of carbonyl (C=O) groups excluding carboxylic acids is 2. The Morgan fingerprint density at radius 2 is 1.76 bits per heavy atom. The van der Waals surface area contributed by atoms with Crippen LogP contribution in [0.5, 0.6) is 11.5 Å². The largest absolute Gasteiger partial charge is 0.497 e. The lowest BCUT2D eigenvalue weighted by Crippen LogP contribution is -2.30. The molecule has 0 aromatic heterocycles. The first-order chi connectivity index (χ1) is 12.0. The summed E-state index contributed by atoms with van der Waals surface area (Å²) in [7, 11) is 3.08. The van der Waals surface area contributed by atoms with Gasteiger partial charge >= 0.3 is 5.97 Å². The van der Waals surface area contributed by atoms with Crippen LogP contribution in [0, 0.1) is 0 Å². The van der Waals surface area contributed by atoms with Gasteiger partial charge in [0.15, 0.2) is 0 Å². The Balaban J connectivity index is 1.86. The molecule has 0 heterocycles. The van der Waals surface area contributed by atoms with Crippen LogP contribution in [0.15, 0.2) is 46.9 Å². The second kappa shape index (κ2) is 9.08. The van der Waals surface area contributed by atoms with Gasteiger partial charge in [0, 0.05) is 15.6 Å². The van der Waals surface area contributed by atoms with E-state index in [0.717, 1.165) is 4.47 Å². The van der Waals surface area contributed by atoms with Crippen molar-refractivity contribution in [3.05, 3.63) is 58.1 Å². The van der Waals surface area contributed by atoms with Crippen LogP contribution in [0.4, 0.5) is 0 Å². The van der Waals surface area contributed by atoms with E-state index in [9.17, 15) is 9.59 Å². The third kappa shape index (κ3) is 5.49. The molecule has 1 N–H and O–H groups in total. The molecule has 2 rings (SSSR count). The van der Waals surface area contributed by atoms with E-state index in [1.165, 1.54) is 7.11 Å². The minimum Gasteiger partial charge on any atom is -0.497 e. The molecule has 7 heteroatoms. The topological polar surface area (TPSA) is 73.9 Å². The van der Waals surface area contributed by atoms with E-state index >= 15 is 0 Å². The van der Waals surface area contributed by atoms with Crippen LogP contribution >= 0.6 is 15.9 Å². The molecule has 0 saturated heterocycles. The Bertz CT molecular complexity index is 746. The van der Waals surface area contributed by atoms with Crippen LogP contribution in [0.3, 0.4) is 0 Å². The van der Waals surface area contributed by atoms with E-state index in [4.69, 9.17) is 14.2 Å². The van der Waals surface area contributed by atoms with Crippen LogP contribution in [-0.2, 0) is 16.1 Å². The number of amides is 1.